The van der Waals surface area contributed by atoms with Gasteiger partial charge in [0.1, 0.15) is 5.76 Å². The summed E-state index contributed by atoms with van der Waals surface area (Å²) in [4.78, 5) is 4.21. The molecule has 1 aliphatic rings. The van der Waals surface area contributed by atoms with Gasteiger partial charge in [-0.15, -0.1) is 0 Å². The molecule has 0 saturated carbocycles. The van der Waals surface area contributed by atoms with Crippen molar-refractivity contribution in [1.29, 1.82) is 0 Å². The minimum Gasteiger partial charge on any atom is -0.445 e. The second-order valence-corrected chi connectivity index (χ2v) is 7.35. The molecule has 1 aromatic rings. The van der Waals surface area contributed by atoms with E-state index in [2.05, 4.69) is 4.98 Å². The van der Waals surface area contributed by atoms with Crippen molar-refractivity contribution in [1.82, 2.24) is 4.98 Å². The Kier molecular flexibility index (Phi) is 4.07. The van der Waals surface area contributed by atoms with Gasteiger partial charge in [0.05, 0.1) is 17.7 Å². The largest absolute Gasteiger partial charge is 0.445 e. The average molecular weight is 272 g/mol. The Morgan fingerprint density at radius 1 is 1.61 bits per heavy atom. The molecule has 0 amide bonds. The van der Waals surface area contributed by atoms with Crippen molar-refractivity contribution in [2.45, 2.75) is 32.1 Å². The first-order chi connectivity index (χ1) is 8.50. The fourth-order valence-electron chi connectivity index (χ4n) is 2.29. The maximum Gasteiger partial charge on any atom is 0.194 e. The summed E-state index contributed by atoms with van der Waals surface area (Å²) in [5, 5.41) is 0. The zero-order valence-corrected chi connectivity index (χ0v) is 11.4. The molecule has 1 saturated heterocycles. The van der Waals surface area contributed by atoms with Crippen LogP contribution in [0.5, 0.6) is 0 Å². The summed E-state index contributed by atoms with van der Waals surface area (Å²) in [6.45, 7) is 2.50. The van der Waals surface area contributed by atoms with E-state index in [0.29, 0.717) is 24.6 Å². The van der Waals surface area contributed by atoms with Crippen LogP contribution in [0.25, 0.3) is 0 Å². The van der Waals surface area contributed by atoms with E-state index in [1.807, 2.05) is 6.92 Å². The van der Waals surface area contributed by atoms with Crippen molar-refractivity contribution in [2.24, 2.45) is 11.7 Å². The summed E-state index contributed by atoms with van der Waals surface area (Å²) < 4.78 is 28.7. The number of oxazole rings is 1. The number of rotatable bonds is 4. The third kappa shape index (κ3) is 3.32. The van der Waals surface area contributed by atoms with Crippen molar-refractivity contribution < 1.29 is 12.8 Å². The van der Waals surface area contributed by atoms with Gasteiger partial charge in [0.15, 0.2) is 15.7 Å². The summed E-state index contributed by atoms with van der Waals surface area (Å²) in [6.07, 6.45) is 3.99. The summed E-state index contributed by atoms with van der Waals surface area (Å²) >= 11 is 0. The fourth-order valence-corrected chi connectivity index (χ4v) is 4.06. The van der Waals surface area contributed by atoms with Crippen molar-refractivity contribution >= 4 is 9.84 Å². The van der Waals surface area contributed by atoms with Gasteiger partial charge in [-0.25, -0.2) is 13.4 Å². The van der Waals surface area contributed by atoms with E-state index in [-0.39, 0.29) is 17.6 Å². The first-order valence-corrected chi connectivity index (χ1v) is 8.17. The number of hydrogen-bond donors (Lipinski definition) is 1. The topological polar surface area (TPSA) is 86.2 Å². The maximum absolute atomic E-state index is 11.5. The number of sulfone groups is 1. The smallest absolute Gasteiger partial charge is 0.194 e. The summed E-state index contributed by atoms with van der Waals surface area (Å²) in [7, 11) is -2.86. The maximum atomic E-state index is 11.5. The molecular formula is C12H20N2O3S. The van der Waals surface area contributed by atoms with E-state index in [0.717, 1.165) is 18.6 Å². The van der Waals surface area contributed by atoms with Crippen molar-refractivity contribution in [3.05, 3.63) is 17.8 Å². The summed E-state index contributed by atoms with van der Waals surface area (Å²) in [5.41, 5.74) is 5.57. The molecule has 102 valence electrons. The predicted molar refractivity (Wildman–Crippen MR) is 69.1 cm³/mol. The molecule has 5 nitrogen and oxygen atoms in total. The molecule has 0 aromatic carbocycles. The molecule has 0 radical (unpaired) electrons. The number of nitrogens with two attached hydrogens (primary N) is 1. The van der Waals surface area contributed by atoms with Crippen LogP contribution in [0.3, 0.4) is 0 Å². The third-order valence-electron chi connectivity index (χ3n) is 3.43. The van der Waals surface area contributed by atoms with Crippen LogP contribution in [0.1, 0.15) is 37.3 Å². The molecule has 1 fully saturated rings. The second kappa shape index (κ2) is 5.40. The van der Waals surface area contributed by atoms with Crippen LogP contribution in [0, 0.1) is 5.92 Å². The zero-order valence-electron chi connectivity index (χ0n) is 10.6. The molecular weight excluding hydrogens is 252 g/mol. The summed E-state index contributed by atoms with van der Waals surface area (Å²) in [5.74, 6) is 2.30. The molecule has 2 N–H and O–H groups in total. The van der Waals surface area contributed by atoms with E-state index >= 15 is 0 Å². The van der Waals surface area contributed by atoms with Gasteiger partial charge in [0, 0.05) is 18.9 Å². The minimum atomic E-state index is -2.86. The van der Waals surface area contributed by atoms with E-state index in [1.165, 1.54) is 0 Å². The molecule has 1 aromatic heterocycles. The number of nitrogens with zero attached hydrogens (tertiary/aromatic N) is 1. The second-order valence-electron chi connectivity index (χ2n) is 5.12. The lowest BCUT2D eigenvalue weighted by atomic mass is 10.0. The Bertz CT molecular complexity index is 495. The third-order valence-corrected chi connectivity index (χ3v) is 5.32. The Hall–Kier alpha value is -0.880. The van der Waals surface area contributed by atoms with Crippen molar-refractivity contribution in [3.63, 3.8) is 0 Å². The predicted octanol–water partition coefficient (Wildman–Crippen LogP) is 1.10. The first kappa shape index (κ1) is 13.5. The fraction of sp³-hybridized carbons (Fsp3) is 0.750. The van der Waals surface area contributed by atoms with Crippen LogP contribution in [-0.2, 0) is 16.3 Å². The SMILES string of the molecule is CC(CN)c1cnc(CC2CCCS(=O)(=O)C2)o1. The molecule has 2 unspecified atom stereocenters. The van der Waals surface area contributed by atoms with E-state index in [4.69, 9.17) is 10.2 Å². The lowest BCUT2D eigenvalue weighted by molar-refractivity contribution is 0.389. The van der Waals surface area contributed by atoms with E-state index in [9.17, 15) is 8.42 Å². The highest BCUT2D eigenvalue weighted by Gasteiger charge is 2.26. The molecule has 0 spiro atoms. The molecule has 2 heterocycles. The van der Waals surface area contributed by atoms with Gasteiger partial charge in [-0.05, 0) is 18.8 Å². The highest BCUT2D eigenvalue weighted by molar-refractivity contribution is 7.91. The molecule has 6 heteroatoms. The number of aromatic nitrogens is 1. The van der Waals surface area contributed by atoms with Gasteiger partial charge in [-0.2, -0.15) is 0 Å². The van der Waals surface area contributed by atoms with Gasteiger partial charge < -0.3 is 10.2 Å². The van der Waals surface area contributed by atoms with Crippen LogP contribution in [0.2, 0.25) is 0 Å². The van der Waals surface area contributed by atoms with Gasteiger partial charge in [-0.1, -0.05) is 6.92 Å². The van der Waals surface area contributed by atoms with Crippen LogP contribution in [-0.4, -0.2) is 31.5 Å². The standard InChI is InChI=1S/C12H20N2O3S/c1-9(6-13)11-7-14-12(17-11)5-10-3-2-4-18(15,16)8-10/h7,9-10H,2-6,8,13H2,1H3. The monoisotopic (exact) mass is 272 g/mol. The van der Waals surface area contributed by atoms with Crippen LogP contribution in [0.15, 0.2) is 10.6 Å². The highest BCUT2D eigenvalue weighted by atomic mass is 32.2. The number of hydrogen-bond acceptors (Lipinski definition) is 5. The Morgan fingerprint density at radius 2 is 2.39 bits per heavy atom. The lowest BCUT2D eigenvalue weighted by Crippen LogP contribution is -2.26. The molecule has 0 aliphatic carbocycles. The lowest BCUT2D eigenvalue weighted by Gasteiger charge is -2.20. The van der Waals surface area contributed by atoms with Crippen LogP contribution < -0.4 is 5.73 Å². The van der Waals surface area contributed by atoms with Crippen LogP contribution in [0.4, 0.5) is 0 Å². The van der Waals surface area contributed by atoms with Crippen molar-refractivity contribution in [2.75, 3.05) is 18.1 Å². The van der Waals surface area contributed by atoms with Gasteiger partial charge in [-0.3, -0.25) is 0 Å². The molecule has 2 rings (SSSR count). The molecule has 0 bridgehead atoms. The van der Waals surface area contributed by atoms with Crippen molar-refractivity contribution in [3.8, 4) is 0 Å². The zero-order chi connectivity index (χ0) is 13.2. The normalized spacial score (nSPS) is 24.9. The van der Waals surface area contributed by atoms with Gasteiger partial charge >= 0.3 is 0 Å². The first-order valence-electron chi connectivity index (χ1n) is 6.35. The average Bonchev–Trinajstić information content (AvgIpc) is 2.75. The Morgan fingerprint density at radius 3 is 3.06 bits per heavy atom. The molecule has 18 heavy (non-hydrogen) atoms. The highest BCUT2D eigenvalue weighted by Crippen LogP contribution is 2.23. The van der Waals surface area contributed by atoms with E-state index < -0.39 is 9.84 Å². The Labute approximate surface area is 108 Å². The van der Waals surface area contributed by atoms with Gasteiger partial charge in [0.2, 0.25) is 0 Å². The quantitative estimate of drug-likeness (QED) is 0.887. The van der Waals surface area contributed by atoms with E-state index in [1.54, 1.807) is 6.20 Å². The minimum absolute atomic E-state index is 0.142. The summed E-state index contributed by atoms with van der Waals surface area (Å²) in [6, 6.07) is 0. The van der Waals surface area contributed by atoms with Crippen LogP contribution >= 0.6 is 0 Å². The molecule has 1 aliphatic heterocycles. The van der Waals surface area contributed by atoms with Gasteiger partial charge in [0.25, 0.3) is 0 Å². The molecule has 2 atom stereocenters. The Balaban J connectivity index is 1.99.